The molecule has 0 saturated carbocycles. The van der Waals surface area contributed by atoms with Crippen LogP contribution in [0.15, 0.2) is 12.4 Å². The standard InChI is InChI=1S/C14H26N4/c1-12(15-2)13-4-8-18(9-5-13)10-6-14-16-7-11-17(14)3/h7,11-13,15H,4-6,8-10H2,1-3H3. The first-order valence-corrected chi connectivity index (χ1v) is 7.06. The lowest BCUT2D eigenvalue weighted by Crippen LogP contribution is -2.41. The number of aryl methyl sites for hydroxylation is 1. The molecule has 2 rings (SSSR count). The third-order valence-corrected chi connectivity index (χ3v) is 4.37. The maximum absolute atomic E-state index is 4.38. The minimum Gasteiger partial charge on any atom is -0.338 e. The van der Waals surface area contributed by atoms with Crippen LogP contribution in [0.25, 0.3) is 0 Å². The third-order valence-electron chi connectivity index (χ3n) is 4.37. The summed E-state index contributed by atoms with van der Waals surface area (Å²) >= 11 is 0. The maximum atomic E-state index is 4.38. The highest BCUT2D eigenvalue weighted by Crippen LogP contribution is 2.20. The van der Waals surface area contributed by atoms with Gasteiger partial charge in [0.05, 0.1) is 0 Å². The number of hydrogen-bond acceptors (Lipinski definition) is 3. The first-order chi connectivity index (χ1) is 8.70. The number of hydrogen-bond donors (Lipinski definition) is 1. The quantitative estimate of drug-likeness (QED) is 0.854. The number of piperidine rings is 1. The summed E-state index contributed by atoms with van der Waals surface area (Å²) in [6.07, 6.45) is 7.62. The molecule has 0 aliphatic carbocycles. The number of aromatic nitrogens is 2. The van der Waals surface area contributed by atoms with Crippen molar-refractivity contribution in [2.24, 2.45) is 13.0 Å². The molecule has 0 aromatic carbocycles. The molecule has 1 aromatic rings. The molecule has 4 nitrogen and oxygen atoms in total. The molecule has 4 heteroatoms. The Labute approximate surface area is 110 Å². The lowest BCUT2D eigenvalue weighted by molar-refractivity contribution is 0.165. The first kappa shape index (κ1) is 13.6. The number of likely N-dealkylation sites (tertiary alicyclic amines) is 1. The van der Waals surface area contributed by atoms with Crippen LogP contribution in [0.2, 0.25) is 0 Å². The van der Waals surface area contributed by atoms with Gasteiger partial charge in [-0.2, -0.15) is 0 Å². The Morgan fingerprint density at radius 2 is 2.17 bits per heavy atom. The van der Waals surface area contributed by atoms with Gasteiger partial charge in [-0.25, -0.2) is 4.98 Å². The topological polar surface area (TPSA) is 33.1 Å². The van der Waals surface area contributed by atoms with E-state index >= 15 is 0 Å². The van der Waals surface area contributed by atoms with Gasteiger partial charge in [-0.15, -0.1) is 0 Å². The Morgan fingerprint density at radius 1 is 1.44 bits per heavy atom. The van der Waals surface area contributed by atoms with Gasteiger partial charge < -0.3 is 14.8 Å². The number of nitrogens with one attached hydrogen (secondary N) is 1. The Morgan fingerprint density at radius 3 is 2.72 bits per heavy atom. The van der Waals surface area contributed by atoms with Crippen molar-refractivity contribution in [1.29, 1.82) is 0 Å². The normalized spacial score (nSPS) is 20.2. The number of imidazole rings is 1. The van der Waals surface area contributed by atoms with Crippen molar-refractivity contribution in [3.05, 3.63) is 18.2 Å². The molecule has 1 N–H and O–H groups in total. The van der Waals surface area contributed by atoms with Gasteiger partial charge in [0.15, 0.2) is 0 Å². The van der Waals surface area contributed by atoms with Crippen LogP contribution in [0.5, 0.6) is 0 Å². The van der Waals surface area contributed by atoms with Crippen LogP contribution in [0.1, 0.15) is 25.6 Å². The Kier molecular flexibility index (Phi) is 4.78. The van der Waals surface area contributed by atoms with Gasteiger partial charge >= 0.3 is 0 Å². The van der Waals surface area contributed by atoms with Crippen LogP contribution in [0.3, 0.4) is 0 Å². The molecule has 1 fully saturated rings. The summed E-state index contributed by atoms with van der Waals surface area (Å²) in [5, 5.41) is 3.38. The van der Waals surface area contributed by atoms with E-state index in [2.05, 4.69) is 40.8 Å². The number of rotatable bonds is 5. The van der Waals surface area contributed by atoms with Gasteiger partial charge in [-0.05, 0) is 45.8 Å². The second kappa shape index (κ2) is 6.34. The first-order valence-electron chi connectivity index (χ1n) is 7.06. The fourth-order valence-electron chi connectivity index (χ4n) is 2.81. The summed E-state index contributed by atoms with van der Waals surface area (Å²) in [6.45, 7) is 5.92. The summed E-state index contributed by atoms with van der Waals surface area (Å²) in [7, 11) is 4.14. The van der Waals surface area contributed by atoms with E-state index in [4.69, 9.17) is 0 Å². The van der Waals surface area contributed by atoms with Crippen LogP contribution < -0.4 is 5.32 Å². The number of nitrogens with zero attached hydrogens (tertiary/aromatic N) is 3. The van der Waals surface area contributed by atoms with E-state index < -0.39 is 0 Å². The van der Waals surface area contributed by atoms with Gasteiger partial charge in [-0.3, -0.25) is 0 Å². The van der Waals surface area contributed by atoms with Crippen LogP contribution in [0, 0.1) is 5.92 Å². The molecule has 0 radical (unpaired) electrons. The van der Waals surface area contributed by atoms with E-state index in [1.807, 2.05) is 12.4 Å². The summed E-state index contributed by atoms with van der Waals surface area (Å²) in [6, 6.07) is 0.654. The Balaban J connectivity index is 1.72. The second-order valence-electron chi connectivity index (χ2n) is 5.46. The third kappa shape index (κ3) is 3.33. The SMILES string of the molecule is CNC(C)C1CCN(CCc2nccn2C)CC1. The summed E-state index contributed by atoms with van der Waals surface area (Å²) in [4.78, 5) is 6.96. The van der Waals surface area contributed by atoms with Gasteiger partial charge in [0.2, 0.25) is 0 Å². The summed E-state index contributed by atoms with van der Waals surface area (Å²) < 4.78 is 2.12. The van der Waals surface area contributed by atoms with Crippen LogP contribution >= 0.6 is 0 Å². The predicted octanol–water partition coefficient (Wildman–Crippen LogP) is 1.28. The highest BCUT2D eigenvalue weighted by Gasteiger charge is 2.22. The predicted molar refractivity (Wildman–Crippen MR) is 74.6 cm³/mol. The van der Waals surface area contributed by atoms with Crippen LogP contribution in [-0.2, 0) is 13.5 Å². The molecule has 18 heavy (non-hydrogen) atoms. The molecular formula is C14H26N4. The lowest BCUT2D eigenvalue weighted by atomic mass is 9.90. The minimum absolute atomic E-state index is 0.654. The van der Waals surface area contributed by atoms with Crippen molar-refractivity contribution in [1.82, 2.24) is 19.8 Å². The molecular weight excluding hydrogens is 224 g/mol. The zero-order valence-corrected chi connectivity index (χ0v) is 11.9. The minimum atomic E-state index is 0.654. The zero-order valence-electron chi connectivity index (χ0n) is 11.9. The highest BCUT2D eigenvalue weighted by atomic mass is 15.1. The zero-order chi connectivity index (χ0) is 13.0. The van der Waals surface area contributed by atoms with E-state index in [0.29, 0.717) is 6.04 Å². The average molecular weight is 250 g/mol. The Bertz CT molecular complexity index is 352. The smallest absolute Gasteiger partial charge is 0.109 e. The van der Waals surface area contributed by atoms with Crippen molar-refractivity contribution in [3.63, 3.8) is 0 Å². The lowest BCUT2D eigenvalue weighted by Gasteiger charge is -2.34. The second-order valence-corrected chi connectivity index (χ2v) is 5.46. The van der Waals surface area contributed by atoms with E-state index in [9.17, 15) is 0 Å². The average Bonchev–Trinajstić information content (AvgIpc) is 2.81. The van der Waals surface area contributed by atoms with E-state index in [-0.39, 0.29) is 0 Å². The fraction of sp³-hybridized carbons (Fsp3) is 0.786. The molecule has 0 amide bonds. The molecule has 0 spiro atoms. The van der Waals surface area contributed by atoms with E-state index in [0.717, 1.165) is 18.9 Å². The summed E-state index contributed by atoms with van der Waals surface area (Å²) in [5.41, 5.74) is 0. The monoisotopic (exact) mass is 250 g/mol. The fourth-order valence-corrected chi connectivity index (χ4v) is 2.81. The van der Waals surface area contributed by atoms with E-state index in [1.165, 1.54) is 31.8 Å². The van der Waals surface area contributed by atoms with Crippen molar-refractivity contribution in [2.75, 3.05) is 26.7 Å². The van der Waals surface area contributed by atoms with Gasteiger partial charge in [0.1, 0.15) is 5.82 Å². The van der Waals surface area contributed by atoms with E-state index in [1.54, 1.807) is 0 Å². The molecule has 1 unspecified atom stereocenters. The molecule has 1 saturated heterocycles. The van der Waals surface area contributed by atoms with Crippen molar-refractivity contribution in [2.45, 2.75) is 32.2 Å². The molecule has 1 aliphatic rings. The molecule has 0 bridgehead atoms. The molecule has 1 atom stereocenters. The van der Waals surface area contributed by atoms with Crippen molar-refractivity contribution in [3.8, 4) is 0 Å². The van der Waals surface area contributed by atoms with Crippen molar-refractivity contribution >= 4 is 0 Å². The van der Waals surface area contributed by atoms with Gasteiger partial charge in [0.25, 0.3) is 0 Å². The van der Waals surface area contributed by atoms with Crippen molar-refractivity contribution < 1.29 is 0 Å². The Hall–Kier alpha value is -0.870. The summed E-state index contributed by atoms with van der Waals surface area (Å²) in [5.74, 6) is 2.04. The largest absolute Gasteiger partial charge is 0.338 e. The van der Waals surface area contributed by atoms with Gasteiger partial charge in [0, 0.05) is 38.4 Å². The highest BCUT2D eigenvalue weighted by molar-refractivity contribution is 4.92. The van der Waals surface area contributed by atoms with Crippen LogP contribution in [0.4, 0.5) is 0 Å². The maximum Gasteiger partial charge on any atom is 0.109 e. The molecule has 1 aliphatic heterocycles. The van der Waals surface area contributed by atoms with Crippen LogP contribution in [-0.4, -0.2) is 47.2 Å². The molecule has 102 valence electrons. The molecule has 1 aromatic heterocycles. The van der Waals surface area contributed by atoms with Gasteiger partial charge in [-0.1, -0.05) is 0 Å². The molecule has 2 heterocycles.